The molecule has 1 fully saturated rings. The Labute approximate surface area is 221 Å². The number of aliphatic hydroxyl groups excluding tert-OH is 1. The van der Waals surface area contributed by atoms with Crippen molar-refractivity contribution >= 4 is 44.5 Å². The number of aryl methyl sites for hydroxylation is 1. The maximum Gasteiger partial charge on any atom is 0.242 e. The van der Waals surface area contributed by atoms with E-state index in [9.17, 15) is 18.6 Å². The smallest absolute Gasteiger partial charge is 0.242 e. The molecule has 2 aromatic carbocycles. The number of thiophene rings is 1. The fourth-order valence-electron chi connectivity index (χ4n) is 5.45. The SMILES string of the molecule is CSc1cc2c(cc1-c1cc(C)c(C(O)O)s1)S(=O)(=O)NC(C1CCCCC1)CN2c1ccccc1. The first kappa shape index (κ1) is 25.8. The van der Waals surface area contributed by atoms with E-state index < -0.39 is 16.3 Å². The zero-order valence-electron chi connectivity index (χ0n) is 20.5. The molecule has 1 aromatic heterocycles. The zero-order chi connectivity index (χ0) is 25.4. The molecule has 2 heterocycles. The molecule has 2 aliphatic rings. The van der Waals surface area contributed by atoms with Gasteiger partial charge in [0.05, 0.1) is 10.6 Å². The Kier molecular flexibility index (Phi) is 7.49. The largest absolute Gasteiger partial charge is 0.364 e. The highest BCUT2D eigenvalue weighted by Crippen LogP contribution is 2.45. The van der Waals surface area contributed by atoms with Gasteiger partial charge in [-0.25, -0.2) is 13.1 Å². The lowest BCUT2D eigenvalue weighted by atomic mass is 9.84. The Morgan fingerprint density at radius 1 is 1.08 bits per heavy atom. The number of para-hydroxylation sites is 1. The van der Waals surface area contributed by atoms with Gasteiger partial charge in [0.2, 0.25) is 10.0 Å². The number of thioether (sulfide) groups is 1. The van der Waals surface area contributed by atoms with Crippen LogP contribution in [0.5, 0.6) is 0 Å². The fraction of sp³-hybridized carbons (Fsp3) is 0.407. The van der Waals surface area contributed by atoms with E-state index in [1.165, 1.54) is 17.8 Å². The highest BCUT2D eigenvalue weighted by molar-refractivity contribution is 7.98. The normalized spacial score (nSPS) is 20.4. The van der Waals surface area contributed by atoms with Gasteiger partial charge < -0.3 is 15.1 Å². The van der Waals surface area contributed by atoms with Crippen LogP contribution in [0.15, 0.2) is 58.3 Å². The van der Waals surface area contributed by atoms with Crippen LogP contribution in [0.3, 0.4) is 0 Å². The van der Waals surface area contributed by atoms with Gasteiger partial charge >= 0.3 is 0 Å². The fourth-order valence-corrected chi connectivity index (χ4v) is 8.72. The molecule has 1 unspecified atom stereocenters. The number of rotatable bonds is 5. The summed E-state index contributed by atoms with van der Waals surface area (Å²) in [5.41, 5.74) is 3.21. The first-order chi connectivity index (χ1) is 17.3. The molecule has 3 aromatic rings. The van der Waals surface area contributed by atoms with Crippen LogP contribution in [0.4, 0.5) is 11.4 Å². The Hall–Kier alpha value is -1.88. The zero-order valence-corrected chi connectivity index (χ0v) is 22.9. The molecule has 36 heavy (non-hydrogen) atoms. The summed E-state index contributed by atoms with van der Waals surface area (Å²) in [5, 5.41) is 19.5. The van der Waals surface area contributed by atoms with Gasteiger partial charge in [0, 0.05) is 33.6 Å². The number of nitrogens with zero attached hydrogens (tertiary/aromatic N) is 1. The summed E-state index contributed by atoms with van der Waals surface area (Å²) in [7, 11) is -3.79. The Bertz CT molecular complexity index is 1330. The van der Waals surface area contributed by atoms with Crippen LogP contribution < -0.4 is 9.62 Å². The molecule has 1 aliphatic carbocycles. The topological polar surface area (TPSA) is 89.9 Å². The van der Waals surface area contributed by atoms with Crippen LogP contribution in [-0.4, -0.2) is 37.5 Å². The number of hydrogen-bond donors (Lipinski definition) is 3. The summed E-state index contributed by atoms with van der Waals surface area (Å²) in [6, 6.07) is 15.5. The predicted molar refractivity (Wildman–Crippen MR) is 148 cm³/mol. The molecule has 0 spiro atoms. The van der Waals surface area contributed by atoms with Crippen LogP contribution in [0.1, 0.15) is 48.8 Å². The second-order valence-corrected chi connectivity index (χ2v) is 13.2. The van der Waals surface area contributed by atoms with Crippen molar-refractivity contribution in [2.45, 2.75) is 61.2 Å². The molecule has 5 rings (SSSR count). The molecule has 0 amide bonds. The van der Waals surface area contributed by atoms with E-state index in [1.807, 2.05) is 55.6 Å². The summed E-state index contributed by atoms with van der Waals surface area (Å²) in [5.74, 6) is 0.307. The minimum absolute atomic E-state index is 0.177. The second kappa shape index (κ2) is 10.5. The maximum atomic E-state index is 13.9. The Morgan fingerprint density at radius 3 is 2.44 bits per heavy atom. The van der Waals surface area contributed by atoms with Gasteiger partial charge in [-0.2, -0.15) is 0 Å². The van der Waals surface area contributed by atoms with Crippen molar-refractivity contribution in [2.75, 3.05) is 17.7 Å². The van der Waals surface area contributed by atoms with E-state index in [-0.39, 0.29) is 10.9 Å². The van der Waals surface area contributed by atoms with Crippen LogP contribution in [-0.2, 0) is 10.0 Å². The average Bonchev–Trinajstić information content (AvgIpc) is 3.23. The predicted octanol–water partition coefficient (Wildman–Crippen LogP) is 5.81. The third kappa shape index (κ3) is 4.97. The first-order valence-corrected chi connectivity index (χ1v) is 15.8. The van der Waals surface area contributed by atoms with Crippen molar-refractivity contribution in [3.8, 4) is 10.4 Å². The molecule has 0 saturated heterocycles. The van der Waals surface area contributed by atoms with Gasteiger partial charge in [0.15, 0.2) is 6.29 Å². The van der Waals surface area contributed by atoms with E-state index in [2.05, 4.69) is 9.62 Å². The molecule has 6 nitrogen and oxygen atoms in total. The van der Waals surface area contributed by atoms with E-state index in [0.29, 0.717) is 23.0 Å². The number of hydrogen-bond acceptors (Lipinski definition) is 7. The van der Waals surface area contributed by atoms with Crippen LogP contribution in [0.25, 0.3) is 10.4 Å². The number of anilines is 2. The van der Waals surface area contributed by atoms with E-state index in [1.54, 1.807) is 17.8 Å². The molecule has 192 valence electrons. The second-order valence-electron chi connectivity index (χ2n) is 9.62. The van der Waals surface area contributed by atoms with Crippen molar-refractivity contribution in [3.05, 3.63) is 59.0 Å². The maximum absolute atomic E-state index is 13.9. The quantitative estimate of drug-likeness (QED) is 0.278. The first-order valence-electron chi connectivity index (χ1n) is 12.3. The van der Waals surface area contributed by atoms with Gasteiger partial charge in [-0.05, 0) is 67.8 Å². The minimum Gasteiger partial charge on any atom is -0.364 e. The van der Waals surface area contributed by atoms with Crippen LogP contribution in [0.2, 0.25) is 0 Å². The number of benzene rings is 2. The molecule has 0 bridgehead atoms. The number of aliphatic hydroxyl groups is 2. The summed E-state index contributed by atoms with van der Waals surface area (Å²) in [6.45, 7) is 2.41. The summed E-state index contributed by atoms with van der Waals surface area (Å²) < 4.78 is 30.8. The molecule has 1 saturated carbocycles. The van der Waals surface area contributed by atoms with Gasteiger partial charge in [0.1, 0.15) is 4.90 Å². The van der Waals surface area contributed by atoms with E-state index in [4.69, 9.17) is 0 Å². The van der Waals surface area contributed by atoms with E-state index >= 15 is 0 Å². The van der Waals surface area contributed by atoms with Gasteiger partial charge in [-0.3, -0.25) is 0 Å². The third-order valence-electron chi connectivity index (χ3n) is 7.29. The van der Waals surface area contributed by atoms with Crippen molar-refractivity contribution < 1.29 is 18.6 Å². The lowest BCUT2D eigenvalue weighted by Crippen LogP contribution is -2.45. The van der Waals surface area contributed by atoms with Gasteiger partial charge in [-0.1, -0.05) is 37.5 Å². The average molecular weight is 545 g/mol. The minimum atomic E-state index is -3.79. The van der Waals surface area contributed by atoms with Crippen LogP contribution in [0, 0.1) is 12.8 Å². The number of nitrogens with one attached hydrogen (secondary N) is 1. The molecular formula is C27H32N2O4S3. The number of fused-ring (bicyclic) bond motifs is 1. The highest BCUT2D eigenvalue weighted by atomic mass is 32.2. The lowest BCUT2D eigenvalue weighted by Gasteiger charge is -2.33. The molecule has 9 heteroatoms. The molecule has 1 atom stereocenters. The monoisotopic (exact) mass is 544 g/mol. The lowest BCUT2D eigenvalue weighted by molar-refractivity contribution is -0.0399. The Balaban J connectivity index is 1.68. The van der Waals surface area contributed by atoms with Crippen molar-refractivity contribution in [3.63, 3.8) is 0 Å². The Morgan fingerprint density at radius 2 is 1.81 bits per heavy atom. The summed E-state index contributed by atoms with van der Waals surface area (Å²) >= 11 is 2.84. The van der Waals surface area contributed by atoms with Crippen molar-refractivity contribution in [1.82, 2.24) is 4.72 Å². The third-order valence-corrected chi connectivity index (χ3v) is 10.9. The van der Waals surface area contributed by atoms with Crippen molar-refractivity contribution in [1.29, 1.82) is 0 Å². The molecule has 0 radical (unpaired) electrons. The summed E-state index contributed by atoms with van der Waals surface area (Å²) in [4.78, 5) is 4.64. The van der Waals surface area contributed by atoms with Crippen molar-refractivity contribution in [2.24, 2.45) is 5.92 Å². The highest BCUT2D eigenvalue weighted by Gasteiger charge is 2.37. The number of sulfonamides is 1. The van der Waals surface area contributed by atoms with E-state index in [0.717, 1.165) is 52.3 Å². The van der Waals surface area contributed by atoms with Gasteiger partial charge in [0.25, 0.3) is 0 Å². The molecular weight excluding hydrogens is 513 g/mol. The molecule has 1 aliphatic heterocycles. The van der Waals surface area contributed by atoms with Gasteiger partial charge in [-0.15, -0.1) is 23.1 Å². The van der Waals surface area contributed by atoms with Crippen LogP contribution >= 0.6 is 23.1 Å². The standard InChI is InChI=1S/C27H32N2O4S3/c1-17-13-24(35-26(17)27(30)31)20-14-25-22(15-23(20)34-2)29(19-11-7-4-8-12-19)16-21(28-36(25,32)33)18-9-5-3-6-10-18/h4,7-8,11-15,18,21,27-28,30-31H,3,5-6,9-10,16H2,1-2H3. The molecule has 3 N–H and O–H groups in total. The summed E-state index contributed by atoms with van der Waals surface area (Å²) in [6.07, 6.45) is 5.98.